The summed E-state index contributed by atoms with van der Waals surface area (Å²) < 4.78 is 7.18. The Balaban J connectivity index is 2.21. The van der Waals surface area contributed by atoms with Crippen LogP contribution in [0.25, 0.3) is 11.3 Å². The topological polar surface area (TPSA) is 59.3 Å². The van der Waals surface area contributed by atoms with Crippen LogP contribution >= 0.6 is 11.6 Å². The average molecular weight is 324 g/mol. The molecule has 0 spiro atoms. The van der Waals surface area contributed by atoms with Crippen molar-refractivity contribution in [3.63, 3.8) is 0 Å². The summed E-state index contributed by atoms with van der Waals surface area (Å²) in [5, 5.41) is 17.8. The van der Waals surface area contributed by atoms with Gasteiger partial charge in [0.1, 0.15) is 5.82 Å². The summed E-state index contributed by atoms with van der Waals surface area (Å²) in [5.74, 6) is 0.858. The van der Waals surface area contributed by atoms with Gasteiger partial charge in [0.2, 0.25) is 0 Å². The quantitative estimate of drug-likeness (QED) is 0.784. The minimum Gasteiger partial charge on any atom is -0.394 e. The number of anilines is 1. The van der Waals surface area contributed by atoms with Crippen molar-refractivity contribution in [2.45, 2.75) is 26.4 Å². The number of halogens is 1. The third-order valence-corrected chi connectivity index (χ3v) is 3.41. The monoisotopic (exact) mass is 323 g/mol. The van der Waals surface area contributed by atoms with Crippen LogP contribution < -0.4 is 5.32 Å². The summed E-state index contributed by atoms with van der Waals surface area (Å²) >= 11 is 6.04. The van der Waals surface area contributed by atoms with Gasteiger partial charge in [0.15, 0.2) is 0 Å². The van der Waals surface area contributed by atoms with Gasteiger partial charge < -0.3 is 15.2 Å². The van der Waals surface area contributed by atoms with E-state index < -0.39 is 0 Å². The molecule has 1 atom stereocenters. The molecule has 0 fully saturated rings. The fraction of sp³-hybridized carbons (Fsp3) is 0.438. The van der Waals surface area contributed by atoms with Crippen molar-refractivity contribution >= 4 is 17.4 Å². The molecule has 0 saturated heterocycles. The summed E-state index contributed by atoms with van der Waals surface area (Å²) in [6, 6.07) is 9.68. The molecule has 1 aromatic carbocycles. The van der Waals surface area contributed by atoms with E-state index in [1.807, 2.05) is 44.2 Å². The number of benzene rings is 1. The first-order valence-corrected chi connectivity index (χ1v) is 7.80. The molecule has 0 saturated carbocycles. The van der Waals surface area contributed by atoms with E-state index in [2.05, 4.69) is 10.4 Å². The Kier molecular flexibility index (Phi) is 6.24. The maximum Gasteiger partial charge on any atom is 0.125 e. The van der Waals surface area contributed by atoms with E-state index >= 15 is 0 Å². The van der Waals surface area contributed by atoms with Crippen molar-refractivity contribution < 1.29 is 9.84 Å². The zero-order valence-electron chi connectivity index (χ0n) is 12.9. The summed E-state index contributed by atoms with van der Waals surface area (Å²) in [7, 11) is 0. The van der Waals surface area contributed by atoms with Crippen LogP contribution in [0.15, 0.2) is 30.3 Å². The van der Waals surface area contributed by atoms with Gasteiger partial charge >= 0.3 is 0 Å². The van der Waals surface area contributed by atoms with E-state index in [1.165, 1.54) is 0 Å². The van der Waals surface area contributed by atoms with Crippen molar-refractivity contribution in [1.29, 1.82) is 0 Å². The Morgan fingerprint density at radius 1 is 1.41 bits per heavy atom. The van der Waals surface area contributed by atoms with Gasteiger partial charge in [-0.1, -0.05) is 23.7 Å². The minimum atomic E-state index is 0.0329. The van der Waals surface area contributed by atoms with Crippen LogP contribution in [0.4, 0.5) is 5.82 Å². The minimum absolute atomic E-state index is 0.0329. The van der Waals surface area contributed by atoms with E-state index in [-0.39, 0.29) is 12.6 Å². The highest BCUT2D eigenvalue weighted by molar-refractivity contribution is 6.30. The van der Waals surface area contributed by atoms with Gasteiger partial charge in [0, 0.05) is 29.3 Å². The van der Waals surface area contributed by atoms with Crippen LogP contribution in [0.3, 0.4) is 0 Å². The van der Waals surface area contributed by atoms with Crippen molar-refractivity contribution in [2.75, 3.05) is 25.1 Å². The van der Waals surface area contributed by atoms with Crippen LogP contribution in [0.2, 0.25) is 5.02 Å². The molecule has 2 aromatic rings. The molecule has 2 N–H and O–H groups in total. The highest BCUT2D eigenvalue weighted by Crippen LogP contribution is 2.24. The lowest BCUT2D eigenvalue weighted by atomic mass is 10.1. The average Bonchev–Trinajstić information content (AvgIpc) is 2.88. The summed E-state index contributed by atoms with van der Waals surface area (Å²) in [5.41, 5.74) is 1.77. The molecule has 6 heteroatoms. The molecule has 0 amide bonds. The fourth-order valence-corrected chi connectivity index (χ4v) is 2.37. The van der Waals surface area contributed by atoms with E-state index in [1.54, 1.807) is 4.68 Å². The van der Waals surface area contributed by atoms with Gasteiger partial charge in [-0.3, -0.25) is 0 Å². The first-order chi connectivity index (χ1) is 10.6. The largest absolute Gasteiger partial charge is 0.394 e. The molecule has 0 aliphatic carbocycles. The number of aromatic nitrogens is 2. The summed E-state index contributed by atoms with van der Waals surface area (Å²) in [6.07, 6.45) is 0. The molecule has 0 aliphatic rings. The van der Waals surface area contributed by atoms with E-state index in [0.717, 1.165) is 17.1 Å². The molecular weight excluding hydrogens is 302 g/mol. The molecule has 0 radical (unpaired) electrons. The van der Waals surface area contributed by atoms with Gasteiger partial charge in [-0.05, 0) is 26.0 Å². The Labute approximate surface area is 135 Å². The smallest absolute Gasteiger partial charge is 0.125 e. The lowest BCUT2D eigenvalue weighted by Crippen LogP contribution is -2.24. The zero-order valence-corrected chi connectivity index (χ0v) is 13.7. The summed E-state index contributed by atoms with van der Waals surface area (Å²) in [4.78, 5) is 0. The molecule has 2 rings (SSSR count). The Bertz CT molecular complexity index is 601. The standard InChI is InChI=1S/C16H22ClN3O2/c1-3-22-11-12(2)18-16-10-15(19-20(16)7-8-21)13-5-4-6-14(17)9-13/h4-6,9-10,12,18,21H,3,7-8,11H2,1-2H3. The molecule has 120 valence electrons. The molecule has 5 nitrogen and oxygen atoms in total. The van der Waals surface area contributed by atoms with Gasteiger partial charge in [0.05, 0.1) is 25.5 Å². The number of hydrogen-bond acceptors (Lipinski definition) is 4. The zero-order chi connectivity index (χ0) is 15.9. The normalized spacial score (nSPS) is 12.4. The van der Waals surface area contributed by atoms with E-state index in [9.17, 15) is 5.11 Å². The Morgan fingerprint density at radius 3 is 2.91 bits per heavy atom. The van der Waals surface area contributed by atoms with Gasteiger partial charge in [-0.2, -0.15) is 5.10 Å². The predicted molar refractivity (Wildman–Crippen MR) is 89.3 cm³/mol. The molecular formula is C16H22ClN3O2. The van der Waals surface area contributed by atoms with Crippen LogP contribution in [-0.2, 0) is 11.3 Å². The number of nitrogens with zero attached hydrogens (tertiary/aromatic N) is 2. The molecule has 1 unspecified atom stereocenters. The second kappa shape index (κ2) is 8.17. The highest BCUT2D eigenvalue weighted by atomic mass is 35.5. The van der Waals surface area contributed by atoms with E-state index in [4.69, 9.17) is 16.3 Å². The van der Waals surface area contributed by atoms with Gasteiger partial charge in [-0.15, -0.1) is 0 Å². The van der Waals surface area contributed by atoms with Crippen LogP contribution in [0.5, 0.6) is 0 Å². The fourth-order valence-electron chi connectivity index (χ4n) is 2.18. The molecule has 0 aliphatic heterocycles. The van der Waals surface area contributed by atoms with Crippen molar-refractivity contribution in [3.05, 3.63) is 35.4 Å². The third-order valence-electron chi connectivity index (χ3n) is 3.18. The van der Waals surface area contributed by atoms with Gasteiger partial charge in [0.25, 0.3) is 0 Å². The van der Waals surface area contributed by atoms with Crippen LogP contribution in [-0.4, -0.2) is 40.7 Å². The molecule has 1 aromatic heterocycles. The Morgan fingerprint density at radius 2 is 2.23 bits per heavy atom. The number of ether oxygens (including phenoxy) is 1. The second-order valence-corrected chi connectivity index (χ2v) is 5.51. The predicted octanol–water partition coefficient (Wildman–Crippen LogP) is 3.03. The number of hydrogen-bond donors (Lipinski definition) is 2. The van der Waals surface area contributed by atoms with Crippen molar-refractivity contribution in [2.24, 2.45) is 0 Å². The number of rotatable bonds is 8. The lowest BCUT2D eigenvalue weighted by molar-refractivity contribution is 0.141. The maximum atomic E-state index is 9.21. The highest BCUT2D eigenvalue weighted by Gasteiger charge is 2.12. The maximum absolute atomic E-state index is 9.21. The van der Waals surface area contributed by atoms with Crippen LogP contribution in [0.1, 0.15) is 13.8 Å². The summed E-state index contributed by atoms with van der Waals surface area (Å²) in [6.45, 7) is 5.80. The second-order valence-electron chi connectivity index (χ2n) is 5.08. The third kappa shape index (κ3) is 4.47. The number of aliphatic hydroxyl groups excluding tert-OH is 1. The SMILES string of the molecule is CCOCC(C)Nc1cc(-c2cccc(Cl)c2)nn1CCO. The number of nitrogens with one attached hydrogen (secondary N) is 1. The molecule has 22 heavy (non-hydrogen) atoms. The molecule has 0 bridgehead atoms. The van der Waals surface area contributed by atoms with Gasteiger partial charge in [-0.25, -0.2) is 4.68 Å². The number of aliphatic hydroxyl groups is 1. The molecule has 1 heterocycles. The lowest BCUT2D eigenvalue weighted by Gasteiger charge is -2.15. The first-order valence-electron chi connectivity index (χ1n) is 7.43. The first kappa shape index (κ1) is 16.8. The van der Waals surface area contributed by atoms with Crippen molar-refractivity contribution in [3.8, 4) is 11.3 Å². The van der Waals surface area contributed by atoms with Crippen LogP contribution in [0, 0.1) is 0 Å². The van der Waals surface area contributed by atoms with Crippen molar-refractivity contribution in [1.82, 2.24) is 9.78 Å². The Hall–Kier alpha value is -1.56. The van der Waals surface area contributed by atoms with E-state index in [0.29, 0.717) is 24.8 Å².